The summed E-state index contributed by atoms with van der Waals surface area (Å²) in [5, 5.41) is 21.9. The monoisotopic (exact) mass is 279 g/mol. The van der Waals surface area contributed by atoms with Gasteiger partial charge in [0, 0.05) is 0 Å². The summed E-state index contributed by atoms with van der Waals surface area (Å²) in [5.74, 6) is 0.765. The van der Waals surface area contributed by atoms with Crippen LogP contribution in [0.15, 0.2) is 29.4 Å². The zero-order chi connectivity index (χ0) is 15.0. The molecule has 0 aliphatic carbocycles. The fourth-order valence-corrected chi connectivity index (χ4v) is 1.80. The Morgan fingerprint density at radius 3 is 2.30 bits per heavy atom. The summed E-state index contributed by atoms with van der Waals surface area (Å²) in [7, 11) is 0. The lowest BCUT2D eigenvalue weighted by molar-refractivity contribution is -0.0113. The van der Waals surface area contributed by atoms with Gasteiger partial charge in [-0.25, -0.2) is 0 Å². The van der Waals surface area contributed by atoms with Crippen LogP contribution in [-0.4, -0.2) is 28.2 Å². The molecule has 0 radical (unpaired) electrons. The maximum absolute atomic E-state index is 10.2. The van der Waals surface area contributed by atoms with E-state index in [1.165, 1.54) is 5.56 Å². The van der Waals surface area contributed by atoms with Crippen molar-refractivity contribution < 1.29 is 15.1 Å². The molecular formula is C16H25NO3. The normalized spacial score (nSPS) is 12.5. The molecule has 0 amide bonds. The standard InChI is InChI=1S/C16H25NO3/c1-4-16(18,5-2)12-20-15-10-8-14(9-11-15)7-6-13(3)17-19/h8-11,18-19H,4-7,12H2,1-3H3/b17-13+. The molecule has 0 aliphatic rings. The predicted octanol–water partition coefficient (Wildman–Crippen LogP) is 3.40. The minimum Gasteiger partial charge on any atom is -0.491 e. The summed E-state index contributed by atoms with van der Waals surface area (Å²) in [4.78, 5) is 0. The maximum Gasteiger partial charge on any atom is 0.119 e. The molecule has 112 valence electrons. The minimum atomic E-state index is -0.743. The van der Waals surface area contributed by atoms with Crippen LogP contribution in [0.3, 0.4) is 0 Å². The second-order valence-corrected chi connectivity index (χ2v) is 5.20. The number of ether oxygens (including phenoxy) is 1. The van der Waals surface area contributed by atoms with E-state index in [9.17, 15) is 5.11 Å². The summed E-state index contributed by atoms with van der Waals surface area (Å²) in [5.41, 5.74) is 1.15. The average molecular weight is 279 g/mol. The molecule has 1 aromatic carbocycles. The van der Waals surface area contributed by atoms with Crippen LogP contribution in [0.2, 0.25) is 0 Å². The van der Waals surface area contributed by atoms with E-state index in [0.29, 0.717) is 19.4 Å². The number of benzene rings is 1. The average Bonchev–Trinajstić information content (AvgIpc) is 2.51. The lowest BCUT2D eigenvalue weighted by Gasteiger charge is -2.25. The second-order valence-electron chi connectivity index (χ2n) is 5.20. The highest BCUT2D eigenvalue weighted by molar-refractivity contribution is 5.81. The molecule has 4 nitrogen and oxygen atoms in total. The predicted molar refractivity (Wildman–Crippen MR) is 80.7 cm³/mol. The zero-order valence-corrected chi connectivity index (χ0v) is 12.6. The first-order chi connectivity index (χ1) is 9.53. The number of aliphatic hydroxyl groups is 1. The van der Waals surface area contributed by atoms with Crippen LogP contribution in [-0.2, 0) is 6.42 Å². The van der Waals surface area contributed by atoms with Gasteiger partial charge in [0.15, 0.2) is 0 Å². The summed E-state index contributed by atoms with van der Waals surface area (Å²) in [6.45, 7) is 6.03. The molecule has 0 aromatic heterocycles. The molecule has 0 bridgehead atoms. The van der Waals surface area contributed by atoms with E-state index in [2.05, 4.69) is 5.16 Å². The van der Waals surface area contributed by atoms with Gasteiger partial charge >= 0.3 is 0 Å². The highest BCUT2D eigenvalue weighted by Crippen LogP contribution is 2.19. The quantitative estimate of drug-likeness (QED) is 0.435. The molecule has 2 N–H and O–H groups in total. The Bertz CT molecular complexity index is 422. The molecule has 0 saturated carbocycles. The van der Waals surface area contributed by atoms with Crippen molar-refractivity contribution in [2.24, 2.45) is 5.16 Å². The van der Waals surface area contributed by atoms with Crippen LogP contribution in [0.5, 0.6) is 5.75 Å². The van der Waals surface area contributed by atoms with Crippen molar-refractivity contribution in [1.82, 2.24) is 0 Å². The number of oxime groups is 1. The van der Waals surface area contributed by atoms with Crippen molar-refractivity contribution in [3.05, 3.63) is 29.8 Å². The summed E-state index contributed by atoms with van der Waals surface area (Å²) >= 11 is 0. The fourth-order valence-electron chi connectivity index (χ4n) is 1.80. The Labute approximate surface area is 121 Å². The van der Waals surface area contributed by atoms with E-state index in [-0.39, 0.29) is 0 Å². The Morgan fingerprint density at radius 2 is 1.80 bits per heavy atom. The van der Waals surface area contributed by atoms with Gasteiger partial charge in [0.2, 0.25) is 0 Å². The van der Waals surface area contributed by atoms with Crippen LogP contribution in [0.4, 0.5) is 0 Å². The second kappa shape index (κ2) is 7.90. The Morgan fingerprint density at radius 1 is 1.20 bits per heavy atom. The third-order valence-corrected chi connectivity index (χ3v) is 3.69. The first kappa shape index (κ1) is 16.5. The first-order valence-electron chi connectivity index (χ1n) is 7.14. The summed E-state index contributed by atoms with van der Waals surface area (Å²) in [6.07, 6.45) is 2.94. The molecule has 0 heterocycles. The highest BCUT2D eigenvalue weighted by atomic mass is 16.5. The number of aryl methyl sites for hydroxylation is 1. The molecular weight excluding hydrogens is 254 g/mol. The third kappa shape index (κ3) is 5.21. The van der Waals surface area contributed by atoms with Gasteiger partial charge in [0.05, 0.1) is 11.3 Å². The largest absolute Gasteiger partial charge is 0.491 e. The van der Waals surface area contributed by atoms with E-state index in [0.717, 1.165) is 24.3 Å². The van der Waals surface area contributed by atoms with E-state index in [1.807, 2.05) is 38.1 Å². The van der Waals surface area contributed by atoms with Crippen LogP contribution >= 0.6 is 0 Å². The van der Waals surface area contributed by atoms with Gasteiger partial charge in [-0.15, -0.1) is 0 Å². The molecule has 0 spiro atoms. The SMILES string of the molecule is CCC(O)(CC)COc1ccc(CC/C(C)=N/O)cc1. The van der Waals surface area contributed by atoms with Crippen LogP contribution in [0, 0.1) is 0 Å². The van der Waals surface area contributed by atoms with Crippen molar-refractivity contribution in [2.45, 2.75) is 52.1 Å². The van der Waals surface area contributed by atoms with Gasteiger partial charge in [-0.1, -0.05) is 31.1 Å². The number of hydrogen-bond acceptors (Lipinski definition) is 4. The molecule has 20 heavy (non-hydrogen) atoms. The van der Waals surface area contributed by atoms with E-state index in [4.69, 9.17) is 9.94 Å². The smallest absolute Gasteiger partial charge is 0.119 e. The molecule has 0 unspecified atom stereocenters. The Kier molecular flexibility index (Phi) is 6.52. The number of nitrogens with zero attached hydrogens (tertiary/aromatic N) is 1. The molecule has 0 aliphatic heterocycles. The van der Waals surface area contributed by atoms with Gasteiger partial charge < -0.3 is 15.1 Å². The summed E-state index contributed by atoms with van der Waals surface area (Å²) in [6, 6.07) is 7.81. The molecule has 4 heteroatoms. The summed E-state index contributed by atoms with van der Waals surface area (Å²) < 4.78 is 5.64. The van der Waals surface area contributed by atoms with Gasteiger partial charge in [-0.05, 0) is 50.3 Å². The van der Waals surface area contributed by atoms with Gasteiger partial charge in [-0.2, -0.15) is 0 Å². The van der Waals surface area contributed by atoms with Crippen LogP contribution < -0.4 is 4.74 Å². The fraction of sp³-hybridized carbons (Fsp3) is 0.562. The highest BCUT2D eigenvalue weighted by Gasteiger charge is 2.22. The lowest BCUT2D eigenvalue weighted by Crippen LogP contribution is -2.34. The Hall–Kier alpha value is -1.55. The van der Waals surface area contributed by atoms with Crippen molar-refractivity contribution in [1.29, 1.82) is 0 Å². The minimum absolute atomic E-state index is 0.315. The Balaban J connectivity index is 2.50. The van der Waals surface area contributed by atoms with Gasteiger partial charge in [0.1, 0.15) is 12.4 Å². The van der Waals surface area contributed by atoms with Gasteiger partial charge in [0.25, 0.3) is 0 Å². The van der Waals surface area contributed by atoms with Crippen molar-refractivity contribution in [2.75, 3.05) is 6.61 Å². The van der Waals surface area contributed by atoms with Crippen molar-refractivity contribution in [3.8, 4) is 5.75 Å². The maximum atomic E-state index is 10.2. The van der Waals surface area contributed by atoms with E-state index >= 15 is 0 Å². The zero-order valence-electron chi connectivity index (χ0n) is 12.6. The van der Waals surface area contributed by atoms with Crippen molar-refractivity contribution >= 4 is 5.71 Å². The number of rotatable bonds is 8. The van der Waals surface area contributed by atoms with Gasteiger partial charge in [-0.3, -0.25) is 0 Å². The van der Waals surface area contributed by atoms with E-state index in [1.54, 1.807) is 6.92 Å². The molecule has 1 aromatic rings. The van der Waals surface area contributed by atoms with Crippen LogP contribution in [0.1, 0.15) is 45.6 Å². The molecule has 1 rings (SSSR count). The lowest BCUT2D eigenvalue weighted by atomic mass is 9.99. The number of hydrogen-bond donors (Lipinski definition) is 2. The molecule has 0 saturated heterocycles. The van der Waals surface area contributed by atoms with Crippen LogP contribution in [0.25, 0.3) is 0 Å². The molecule has 0 fully saturated rings. The first-order valence-corrected chi connectivity index (χ1v) is 7.14. The molecule has 0 atom stereocenters. The van der Waals surface area contributed by atoms with E-state index < -0.39 is 5.60 Å². The third-order valence-electron chi connectivity index (χ3n) is 3.69. The topological polar surface area (TPSA) is 62.0 Å². The van der Waals surface area contributed by atoms with Crippen molar-refractivity contribution in [3.63, 3.8) is 0 Å².